The minimum absolute atomic E-state index is 0.109. The van der Waals surface area contributed by atoms with E-state index in [-0.39, 0.29) is 16.1 Å². The van der Waals surface area contributed by atoms with Gasteiger partial charge < -0.3 is 5.73 Å². The molecule has 0 aliphatic heterocycles. The van der Waals surface area contributed by atoms with Gasteiger partial charge >= 0.3 is 0 Å². The lowest BCUT2D eigenvalue weighted by molar-refractivity contribution is 0.570. The first-order chi connectivity index (χ1) is 9.69. The van der Waals surface area contributed by atoms with Crippen LogP contribution in [0.5, 0.6) is 0 Å². The lowest BCUT2D eigenvalue weighted by atomic mass is 10.3. The van der Waals surface area contributed by atoms with E-state index in [4.69, 9.17) is 5.73 Å². The second-order valence-corrected chi connectivity index (χ2v) is 6.89. The van der Waals surface area contributed by atoms with Gasteiger partial charge in [-0.3, -0.25) is 0 Å². The van der Waals surface area contributed by atoms with E-state index < -0.39 is 20.7 Å². The molecule has 9 heteroatoms. The van der Waals surface area contributed by atoms with Crippen LogP contribution in [-0.4, -0.2) is 18.4 Å². The van der Waals surface area contributed by atoms with Crippen molar-refractivity contribution >= 4 is 37.6 Å². The van der Waals surface area contributed by atoms with Gasteiger partial charge in [-0.25, -0.2) is 27.5 Å². The number of rotatable bonds is 3. The maximum absolute atomic E-state index is 13.8. The Bertz CT molecular complexity index is 791. The Morgan fingerprint density at radius 3 is 2.33 bits per heavy atom. The zero-order valence-electron chi connectivity index (χ0n) is 11.2. The van der Waals surface area contributed by atoms with E-state index in [2.05, 4.69) is 30.6 Å². The summed E-state index contributed by atoms with van der Waals surface area (Å²) in [5.41, 5.74) is 6.89. The van der Waals surface area contributed by atoms with Crippen LogP contribution in [0.25, 0.3) is 0 Å². The van der Waals surface area contributed by atoms with Crippen molar-refractivity contribution in [1.29, 1.82) is 0 Å². The normalized spacial score (nSPS) is 11.4. The number of nitrogens with zero attached hydrogens (tertiary/aromatic N) is 2. The Labute approximate surface area is 129 Å². The first-order valence-electron chi connectivity index (χ1n) is 5.78. The smallest absolute Gasteiger partial charge is 0.267 e. The monoisotopic (exact) mass is 374 g/mol. The Hall–Kier alpha value is -1.74. The van der Waals surface area contributed by atoms with Crippen LogP contribution < -0.4 is 10.5 Å². The molecular formula is C12H12BrFN4O2S. The van der Waals surface area contributed by atoms with Crippen molar-refractivity contribution in [2.24, 2.45) is 0 Å². The van der Waals surface area contributed by atoms with Crippen molar-refractivity contribution in [3.8, 4) is 0 Å². The van der Waals surface area contributed by atoms with Crippen LogP contribution in [0.1, 0.15) is 11.4 Å². The molecule has 1 heterocycles. The number of nitrogens with one attached hydrogen (secondary N) is 1. The third-order valence-corrected chi connectivity index (χ3v) is 4.58. The van der Waals surface area contributed by atoms with E-state index in [0.29, 0.717) is 11.4 Å². The van der Waals surface area contributed by atoms with Gasteiger partial charge in [0.2, 0.25) is 5.95 Å². The summed E-state index contributed by atoms with van der Waals surface area (Å²) in [6.45, 7) is 3.40. The molecule has 2 aromatic rings. The molecule has 0 fully saturated rings. The minimum Gasteiger partial charge on any atom is -0.398 e. The van der Waals surface area contributed by atoms with Gasteiger partial charge in [-0.15, -0.1) is 0 Å². The number of hydrogen-bond acceptors (Lipinski definition) is 5. The topological polar surface area (TPSA) is 98.0 Å². The highest BCUT2D eigenvalue weighted by Crippen LogP contribution is 2.26. The lowest BCUT2D eigenvalue weighted by Gasteiger charge is -2.10. The molecule has 1 aromatic heterocycles. The third-order valence-electron chi connectivity index (χ3n) is 2.55. The standard InChI is InChI=1S/C12H12BrFN4O2S/c1-6-3-7(2)17-12(16-6)18-21(19,20)11-5-10(15)8(13)4-9(11)14/h3-5H,15H2,1-2H3,(H,16,17,18). The molecule has 3 N–H and O–H groups in total. The van der Waals surface area contributed by atoms with Crippen molar-refractivity contribution in [1.82, 2.24) is 9.97 Å². The zero-order chi connectivity index (χ0) is 15.8. The Balaban J connectivity index is 2.45. The molecule has 0 unspecified atom stereocenters. The molecule has 0 aliphatic rings. The molecule has 0 aliphatic carbocycles. The quantitative estimate of drug-likeness (QED) is 0.803. The predicted molar refractivity (Wildman–Crippen MR) is 80.8 cm³/mol. The predicted octanol–water partition coefficient (Wildman–Crippen LogP) is 2.38. The highest BCUT2D eigenvalue weighted by molar-refractivity contribution is 9.10. The molecule has 0 amide bonds. The molecule has 21 heavy (non-hydrogen) atoms. The van der Waals surface area contributed by atoms with Gasteiger partial charge in [-0.2, -0.15) is 0 Å². The van der Waals surface area contributed by atoms with Crippen LogP contribution in [0, 0.1) is 19.7 Å². The Morgan fingerprint density at radius 2 is 1.76 bits per heavy atom. The number of nitrogens with two attached hydrogens (primary N) is 1. The van der Waals surface area contributed by atoms with E-state index in [0.717, 1.165) is 12.1 Å². The van der Waals surface area contributed by atoms with E-state index in [9.17, 15) is 12.8 Å². The molecule has 0 atom stereocenters. The Morgan fingerprint density at radius 1 is 1.19 bits per heavy atom. The molecule has 6 nitrogen and oxygen atoms in total. The highest BCUT2D eigenvalue weighted by atomic mass is 79.9. The maximum Gasteiger partial charge on any atom is 0.267 e. The van der Waals surface area contributed by atoms with Crippen molar-refractivity contribution in [2.45, 2.75) is 18.7 Å². The van der Waals surface area contributed by atoms with Crippen molar-refractivity contribution in [2.75, 3.05) is 10.5 Å². The summed E-state index contributed by atoms with van der Waals surface area (Å²) in [4.78, 5) is 7.34. The summed E-state index contributed by atoms with van der Waals surface area (Å²) < 4.78 is 40.7. The number of aromatic nitrogens is 2. The van der Waals surface area contributed by atoms with Crippen LogP contribution >= 0.6 is 15.9 Å². The number of aryl methyl sites for hydroxylation is 2. The molecule has 2 rings (SSSR count). The molecule has 0 saturated carbocycles. The van der Waals surface area contributed by atoms with Gasteiger partial charge in [-0.1, -0.05) is 0 Å². The van der Waals surface area contributed by atoms with Crippen LogP contribution in [0.3, 0.4) is 0 Å². The fraction of sp³-hybridized carbons (Fsp3) is 0.167. The first-order valence-corrected chi connectivity index (χ1v) is 8.06. The first kappa shape index (κ1) is 15.6. The van der Waals surface area contributed by atoms with E-state index in [1.165, 1.54) is 0 Å². The van der Waals surface area contributed by atoms with Gasteiger partial charge in [-0.05, 0) is 48.0 Å². The SMILES string of the molecule is Cc1cc(C)nc(NS(=O)(=O)c2cc(N)c(Br)cc2F)n1. The van der Waals surface area contributed by atoms with Crippen molar-refractivity contribution in [3.63, 3.8) is 0 Å². The van der Waals surface area contributed by atoms with Gasteiger partial charge in [0.25, 0.3) is 10.0 Å². The zero-order valence-corrected chi connectivity index (χ0v) is 13.6. The van der Waals surface area contributed by atoms with Crippen LogP contribution in [0.4, 0.5) is 16.0 Å². The average molecular weight is 375 g/mol. The second kappa shape index (κ2) is 5.57. The lowest BCUT2D eigenvalue weighted by Crippen LogP contribution is -2.17. The summed E-state index contributed by atoms with van der Waals surface area (Å²) in [6, 6.07) is 3.71. The van der Waals surface area contributed by atoms with Gasteiger partial charge in [0.05, 0.1) is 0 Å². The highest BCUT2D eigenvalue weighted by Gasteiger charge is 2.22. The van der Waals surface area contributed by atoms with Crippen molar-refractivity contribution < 1.29 is 12.8 Å². The summed E-state index contributed by atoms with van der Waals surface area (Å²) in [5.74, 6) is -1.04. The number of halogens is 2. The Kier molecular flexibility index (Phi) is 4.15. The summed E-state index contributed by atoms with van der Waals surface area (Å²) in [6.07, 6.45) is 0. The third kappa shape index (κ3) is 3.48. The van der Waals surface area contributed by atoms with Crippen LogP contribution in [-0.2, 0) is 10.0 Å². The number of hydrogen-bond donors (Lipinski definition) is 2. The molecule has 112 valence electrons. The van der Waals surface area contributed by atoms with Crippen LogP contribution in [0.15, 0.2) is 27.6 Å². The van der Waals surface area contributed by atoms with E-state index >= 15 is 0 Å². The number of benzene rings is 1. The maximum atomic E-state index is 13.8. The minimum atomic E-state index is -4.17. The summed E-state index contributed by atoms with van der Waals surface area (Å²) in [7, 11) is -4.17. The number of sulfonamides is 1. The molecule has 0 spiro atoms. The molecular weight excluding hydrogens is 363 g/mol. The summed E-state index contributed by atoms with van der Waals surface area (Å²) >= 11 is 3.03. The summed E-state index contributed by atoms with van der Waals surface area (Å²) in [5, 5.41) is 0. The fourth-order valence-corrected chi connectivity index (χ4v) is 3.05. The molecule has 0 bridgehead atoms. The molecule has 0 saturated heterocycles. The fourth-order valence-electron chi connectivity index (χ4n) is 1.70. The van der Waals surface area contributed by atoms with E-state index in [1.54, 1.807) is 19.9 Å². The van der Waals surface area contributed by atoms with Crippen molar-refractivity contribution in [3.05, 3.63) is 39.9 Å². The number of nitrogen functional groups attached to an aromatic ring is 1. The van der Waals surface area contributed by atoms with Crippen LogP contribution in [0.2, 0.25) is 0 Å². The van der Waals surface area contributed by atoms with Gasteiger partial charge in [0, 0.05) is 21.5 Å². The largest absolute Gasteiger partial charge is 0.398 e. The van der Waals surface area contributed by atoms with E-state index in [1.807, 2.05) is 0 Å². The number of anilines is 2. The van der Waals surface area contributed by atoms with Gasteiger partial charge in [0.15, 0.2) is 0 Å². The second-order valence-electron chi connectivity index (χ2n) is 4.38. The average Bonchev–Trinajstić information content (AvgIpc) is 2.31. The van der Waals surface area contributed by atoms with Gasteiger partial charge in [0.1, 0.15) is 10.7 Å². The molecule has 1 aromatic carbocycles. The molecule has 0 radical (unpaired) electrons.